The Morgan fingerprint density at radius 2 is 2.33 bits per heavy atom. The molecule has 0 spiro atoms. The molecule has 4 heteroatoms. The molecule has 0 amide bonds. The molecule has 0 radical (unpaired) electrons. The van der Waals surface area contributed by atoms with Crippen molar-refractivity contribution in [3.05, 3.63) is 34.2 Å². The van der Waals surface area contributed by atoms with E-state index < -0.39 is 0 Å². The first kappa shape index (κ1) is 10.6. The maximum absolute atomic E-state index is 5.44. The lowest BCUT2D eigenvalue weighted by atomic mass is 10.2. The SMILES string of the molecule is CCOc1cccc(-c2ncc(Br)s2)c1. The Hall–Kier alpha value is -0.870. The molecule has 0 bridgehead atoms. The molecule has 1 heterocycles. The highest BCUT2D eigenvalue weighted by Crippen LogP contribution is 2.30. The van der Waals surface area contributed by atoms with Crippen LogP contribution in [0.15, 0.2) is 34.2 Å². The third-order valence-electron chi connectivity index (χ3n) is 1.87. The standard InChI is InChI=1S/C11H10BrNOS/c1-2-14-9-5-3-4-8(6-9)11-13-7-10(12)15-11/h3-7H,2H2,1H3. The summed E-state index contributed by atoms with van der Waals surface area (Å²) in [5.41, 5.74) is 1.09. The second kappa shape index (κ2) is 4.77. The molecule has 15 heavy (non-hydrogen) atoms. The van der Waals surface area contributed by atoms with Crippen LogP contribution in [0.4, 0.5) is 0 Å². The van der Waals surface area contributed by atoms with Crippen molar-refractivity contribution in [2.45, 2.75) is 6.92 Å². The van der Waals surface area contributed by atoms with Crippen molar-refractivity contribution in [1.82, 2.24) is 4.98 Å². The molecule has 2 rings (SSSR count). The Morgan fingerprint density at radius 1 is 1.47 bits per heavy atom. The third-order valence-corrected chi connectivity index (χ3v) is 3.39. The minimum atomic E-state index is 0.686. The van der Waals surface area contributed by atoms with Gasteiger partial charge in [0.1, 0.15) is 10.8 Å². The molecule has 0 saturated carbocycles. The van der Waals surface area contributed by atoms with Crippen molar-refractivity contribution in [3.63, 3.8) is 0 Å². The number of benzene rings is 1. The average molecular weight is 284 g/mol. The molecule has 0 atom stereocenters. The molecule has 2 nitrogen and oxygen atoms in total. The molecule has 2 aromatic rings. The summed E-state index contributed by atoms with van der Waals surface area (Å²) in [4.78, 5) is 4.30. The van der Waals surface area contributed by atoms with Crippen LogP contribution >= 0.6 is 27.3 Å². The summed E-state index contributed by atoms with van der Waals surface area (Å²) in [5.74, 6) is 0.890. The van der Waals surface area contributed by atoms with Gasteiger partial charge in [0.25, 0.3) is 0 Å². The van der Waals surface area contributed by atoms with Crippen molar-refractivity contribution in [2.75, 3.05) is 6.61 Å². The Balaban J connectivity index is 2.32. The summed E-state index contributed by atoms with van der Waals surface area (Å²) >= 11 is 5.02. The monoisotopic (exact) mass is 283 g/mol. The van der Waals surface area contributed by atoms with Crippen molar-refractivity contribution in [1.29, 1.82) is 0 Å². The van der Waals surface area contributed by atoms with Crippen LogP contribution in [0.1, 0.15) is 6.92 Å². The van der Waals surface area contributed by atoms with E-state index in [4.69, 9.17) is 4.74 Å². The number of hydrogen-bond acceptors (Lipinski definition) is 3. The Bertz CT molecular complexity index is 455. The lowest BCUT2D eigenvalue weighted by Crippen LogP contribution is -1.90. The normalized spacial score (nSPS) is 10.3. The molecular weight excluding hydrogens is 274 g/mol. The van der Waals surface area contributed by atoms with Crippen LogP contribution < -0.4 is 4.74 Å². The Kier molecular flexibility index (Phi) is 3.38. The quantitative estimate of drug-likeness (QED) is 0.850. The number of halogens is 1. The molecule has 1 aromatic heterocycles. The van der Waals surface area contributed by atoms with E-state index in [0.717, 1.165) is 20.1 Å². The number of aromatic nitrogens is 1. The fourth-order valence-electron chi connectivity index (χ4n) is 1.27. The van der Waals surface area contributed by atoms with Gasteiger partial charge in [0, 0.05) is 5.56 Å². The number of hydrogen-bond donors (Lipinski definition) is 0. The number of ether oxygens (including phenoxy) is 1. The van der Waals surface area contributed by atoms with Gasteiger partial charge in [-0.05, 0) is 35.0 Å². The van der Waals surface area contributed by atoms with E-state index in [9.17, 15) is 0 Å². The first-order valence-electron chi connectivity index (χ1n) is 4.64. The largest absolute Gasteiger partial charge is 0.494 e. The lowest BCUT2D eigenvalue weighted by molar-refractivity contribution is 0.340. The molecule has 0 unspecified atom stereocenters. The summed E-state index contributed by atoms with van der Waals surface area (Å²) in [7, 11) is 0. The van der Waals surface area contributed by atoms with Gasteiger partial charge in [-0.2, -0.15) is 0 Å². The van der Waals surface area contributed by atoms with E-state index in [1.165, 1.54) is 0 Å². The zero-order valence-corrected chi connectivity index (χ0v) is 10.6. The smallest absolute Gasteiger partial charge is 0.124 e. The summed E-state index contributed by atoms with van der Waals surface area (Å²) in [6, 6.07) is 7.98. The average Bonchev–Trinajstić information content (AvgIpc) is 2.66. The van der Waals surface area contributed by atoms with Gasteiger partial charge in [0.2, 0.25) is 0 Å². The molecule has 0 saturated heterocycles. The summed E-state index contributed by atoms with van der Waals surface area (Å²) in [5, 5.41) is 1.00. The van der Waals surface area contributed by atoms with Crippen molar-refractivity contribution >= 4 is 27.3 Å². The highest BCUT2D eigenvalue weighted by molar-refractivity contribution is 9.11. The van der Waals surface area contributed by atoms with Gasteiger partial charge in [0.05, 0.1) is 16.6 Å². The van der Waals surface area contributed by atoms with E-state index in [-0.39, 0.29) is 0 Å². The molecular formula is C11H10BrNOS. The minimum Gasteiger partial charge on any atom is -0.494 e. The molecule has 78 valence electrons. The van der Waals surface area contributed by atoms with Gasteiger partial charge in [-0.3, -0.25) is 0 Å². The molecule has 1 aromatic carbocycles. The molecule has 0 aliphatic heterocycles. The molecule has 0 fully saturated rings. The highest BCUT2D eigenvalue weighted by atomic mass is 79.9. The van der Waals surface area contributed by atoms with Gasteiger partial charge in [-0.1, -0.05) is 12.1 Å². The van der Waals surface area contributed by atoms with E-state index in [2.05, 4.69) is 20.9 Å². The molecule has 0 aliphatic rings. The third kappa shape index (κ3) is 2.58. The van der Waals surface area contributed by atoms with Crippen molar-refractivity contribution < 1.29 is 4.74 Å². The minimum absolute atomic E-state index is 0.686. The van der Waals surface area contributed by atoms with E-state index in [0.29, 0.717) is 6.61 Å². The topological polar surface area (TPSA) is 22.1 Å². The number of nitrogens with zero attached hydrogens (tertiary/aromatic N) is 1. The number of thiazole rings is 1. The van der Waals surface area contributed by atoms with Crippen LogP contribution in [0.25, 0.3) is 10.6 Å². The molecule has 0 aliphatic carbocycles. The van der Waals surface area contributed by atoms with Crippen LogP contribution in [0, 0.1) is 0 Å². The fourth-order valence-corrected chi connectivity index (χ4v) is 2.48. The summed E-state index contributed by atoms with van der Waals surface area (Å²) in [6.07, 6.45) is 1.81. The first-order chi connectivity index (χ1) is 7.29. The van der Waals surface area contributed by atoms with Crippen LogP contribution in [0.5, 0.6) is 5.75 Å². The second-order valence-corrected chi connectivity index (χ2v) is 5.34. The van der Waals surface area contributed by atoms with E-state index in [1.807, 2.05) is 37.4 Å². The van der Waals surface area contributed by atoms with E-state index >= 15 is 0 Å². The maximum Gasteiger partial charge on any atom is 0.124 e. The fraction of sp³-hybridized carbons (Fsp3) is 0.182. The van der Waals surface area contributed by atoms with E-state index in [1.54, 1.807) is 11.3 Å². The van der Waals surface area contributed by atoms with Crippen LogP contribution in [-0.2, 0) is 0 Å². The van der Waals surface area contributed by atoms with Crippen molar-refractivity contribution in [2.24, 2.45) is 0 Å². The lowest BCUT2D eigenvalue weighted by Gasteiger charge is -2.03. The highest BCUT2D eigenvalue weighted by Gasteiger charge is 2.03. The van der Waals surface area contributed by atoms with Crippen LogP contribution in [-0.4, -0.2) is 11.6 Å². The second-order valence-electron chi connectivity index (χ2n) is 2.93. The summed E-state index contributed by atoms with van der Waals surface area (Å²) < 4.78 is 6.48. The van der Waals surface area contributed by atoms with Crippen molar-refractivity contribution in [3.8, 4) is 16.3 Å². The zero-order chi connectivity index (χ0) is 10.7. The molecule has 0 N–H and O–H groups in total. The Labute approximate surface area is 101 Å². The maximum atomic E-state index is 5.44. The van der Waals surface area contributed by atoms with Crippen LogP contribution in [0.2, 0.25) is 0 Å². The summed E-state index contributed by atoms with van der Waals surface area (Å²) in [6.45, 7) is 2.66. The predicted octanol–water partition coefficient (Wildman–Crippen LogP) is 3.97. The first-order valence-corrected chi connectivity index (χ1v) is 6.25. The Morgan fingerprint density at radius 3 is 3.00 bits per heavy atom. The van der Waals surface area contributed by atoms with Gasteiger partial charge in [-0.25, -0.2) is 4.98 Å². The zero-order valence-electron chi connectivity index (χ0n) is 8.24. The van der Waals surface area contributed by atoms with Gasteiger partial charge in [-0.15, -0.1) is 11.3 Å². The van der Waals surface area contributed by atoms with Gasteiger partial charge < -0.3 is 4.74 Å². The van der Waals surface area contributed by atoms with Gasteiger partial charge in [0.15, 0.2) is 0 Å². The predicted molar refractivity (Wildman–Crippen MR) is 66.4 cm³/mol. The van der Waals surface area contributed by atoms with Gasteiger partial charge >= 0.3 is 0 Å². The number of rotatable bonds is 3. The van der Waals surface area contributed by atoms with Crippen LogP contribution in [0.3, 0.4) is 0 Å².